The Labute approximate surface area is 124 Å². The Hall–Kier alpha value is -0.450. The highest BCUT2D eigenvalue weighted by Crippen LogP contribution is 2.33. The topological polar surface area (TPSA) is 38.0 Å². The van der Waals surface area contributed by atoms with E-state index in [0.717, 1.165) is 17.5 Å². The van der Waals surface area contributed by atoms with Crippen LogP contribution in [0.1, 0.15) is 39.5 Å². The fourth-order valence-electron chi connectivity index (χ4n) is 2.98. The summed E-state index contributed by atoms with van der Waals surface area (Å²) in [5.41, 5.74) is 7.88. The van der Waals surface area contributed by atoms with Gasteiger partial charge in [0.2, 0.25) is 0 Å². The summed E-state index contributed by atoms with van der Waals surface area (Å²) < 4.78 is 1.22. The highest BCUT2D eigenvalue weighted by atomic mass is 127. The van der Waals surface area contributed by atoms with E-state index in [1.807, 2.05) is 12.1 Å². The molecule has 0 radical (unpaired) electrons. The van der Waals surface area contributed by atoms with E-state index in [0.29, 0.717) is 6.04 Å². The van der Waals surface area contributed by atoms with Crippen LogP contribution < -0.4 is 11.1 Å². The minimum absolute atomic E-state index is 0.621. The predicted octanol–water partition coefficient (Wildman–Crippen LogP) is 4.50. The molecule has 1 fully saturated rings. The lowest BCUT2D eigenvalue weighted by Gasteiger charge is -2.35. The van der Waals surface area contributed by atoms with E-state index in [1.165, 1.54) is 34.9 Å². The minimum atomic E-state index is 0.621. The Bertz CT molecular complexity index is 403. The second-order valence-electron chi connectivity index (χ2n) is 5.68. The molecule has 100 valence electrons. The van der Waals surface area contributed by atoms with E-state index in [4.69, 9.17) is 5.73 Å². The van der Waals surface area contributed by atoms with Crippen molar-refractivity contribution in [2.24, 2.45) is 11.8 Å². The van der Waals surface area contributed by atoms with E-state index in [9.17, 15) is 0 Å². The zero-order chi connectivity index (χ0) is 13.1. The van der Waals surface area contributed by atoms with Gasteiger partial charge < -0.3 is 11.1 Å². The molecule has 0 saturated heterocycles. The molecule has 0 spiro atoms. The quantitative estimate of drug-likeness (QED) is 0.617. The predicted molar refractivity (Wildman–Crippen MR) is 87.8 cm³/mol. The van der Waals surface area contributed by atoms with Gasteiger partial charge in [0.25, 0.3) is 0 Å². The molecular weight excluding hydrogens is 335 g/mol. The molecule has 1 aliphatic rings. The first-order chi connectivity index (χ1) is 8.58. The highest BCUT2D eigenvalue weighted by Gasteiger charge is 2.27. The molecule has 0 heterocycles. The van der Waals surface area contributed by atoms with E-state index in [1.54, 1.807) is 0 Å². The molecule has 1 aromatic rings. The van der Waals surface area contributed by atoms with Crippen LogP contribution in [0.25, 0.3) is 0 Å². The summed E-state index contributed by atoms with van der Waals surface area (Å²) in [6.07, 6.45) is 5.40. The molecule has 3 heteroatoms. The summed E-state index contributed by atoms with van der Waals surface area (Å²) in [6.45, 7) is 4.69. The molecule has 0 aromatic heterocycles. The number of hydrogen-bond donors (Lipinski definition) is 2. The van der Waals surface area contributed by atoms with Crippen LogP contribution >= 0.6 is 22.6 Å². The summed E-state index contributed by atoms with van der Waals surface area (Å²) in [5.74, 6) is 1.56. The van der Waals surface area contributed by atoms with Gasteiger partial charge in [-0.25, -0.2) is 0 Å². The van der Waals surface area contributed by atoms with E-state index < -0.39 is 0 Å². The number of benzene rings is 1. The Morgan fingerprint density at radius 2 is 2.00 bits per heavy atom. The summed E-state index contributed by atoms with van der Waals surface area (Å²) >= 11 is 2.36. The Balaban J connectivity index is 2.11. The fraction of sp³-hybridized carbons (Fsp3) is 0.600. The van der Waals surface area contributed by atoms with Gasteiger partial charge in [-0.3, -0.25) is 0 Å². The lowest BCUT2D eigenvalue weighted by atomic mass is 9.78. The summed E-state index contributed by atoms with van der Waals surface area (Å²) in [4.78, 5) is 0. The van der Waals surface area contributed by atoms with Crippen molar-refractivity contribution >= 4 is 34.0 Å². The fourth-order valence-corrected chi connectivity index (χ4v) is 3.68. The average molecular weight is 358 g/mol. The third kappa shape index (κ3) is 3.31. The van der Waals surface area contributed by atoms with Crippen molar-refractivity contribution in [3.63, 3.8) is 0 Å². The molecule has 0 bridgehead atoms. The van der Waals surface area contributed by atoms with Crippen molar-refractivity contribution in [2.75, 3.05) is 11.1 Å². The van der Waals surface area contributed by atoms with E-state index in [2.05, 4.69) is 47.8 Å². The van der Waals surface area contributed by atoms with Crippen molar-refractivity contribution in [1.29, 1.82) is 0 Å². The maximum absolute atomic E-state index is 5.80. The van der Waals surface area contributed by atoms with Gasteiger partial charge in [0, 0.05) is 21.0 Å². The SMILES string of the molecule is CC(C)C1CCCCC1Nc1ccc(N)cc1I. The van der Waals surface area contributed by atoms with E-state index in [-0.39, 0.29) is 0 Å². The second-order valence-corrected chi connectivity index (χ2v) is 6.84. The van der Waals surface area contributed by atoms with Crippen LogP contribution in [0.5, 0.6) is 0 Å². The molecule has 1 saturated carbocycles. The Morgan fingerprint density at radius 3 is 2.67 bits per heavy atom. The summed E-state index contributed by atoms with van der Waals surface area (Å²) in [6, 6.07) is 6.76. The number of anilines is 2. The maximum atomic E-state index is 5.80. The first-order valence-corrected chi connectivity index (χ1v) is 7.97. The first-order valence-electron chi connectivity index (χ1n) is 6.89. The number of halogens is 1. The van der Waals surface area contributed by atoms with Crippen LogP contribution in [-0.4, -0.2) is 6.04 Å². The van der Waals surface area contributed by atoms with Crippen molar-refractivity contribution < 1.29 is 0 Å². The first kappa shape index (κ1) is 14.0. The number of nitrogen functional groups attached to an aromatic ring is 1. The van der Waals surface area contributed by atoms with Crippen LogP contribution in [0.2, 0.25) is 0 Å². The second kappa shape index (κ2) is 6.13. The smallest absolute Gasteiger partial charge is 0.0479 e. The molecule has 1 aliphatic carbocycles. The molecule has 2 nitrogen and oxygen atoms in total. The van der Waals surface area contributed by atoms with Crippen LogP contribution in [0.3, 0.4) is 0 Å². The molecule has 1 aromatic carbocycles. The lowest BCUT2D eigenvalue weighted by molar-refractivity contribution is 0.254. The van der Waals surface area contributed by atoms with E-state index >= 15 is 0 Å². The van der Waals surface area contributed by atoms with Crippen molar-refractivity contribution in [2.45, 2.75) is 45.6 Å². The molecule has 2 rings (SSSR count). The Kier molecular flexibility index (Phi) is 4.76. The van der Waals surface area contributed by atoms with Crippen LogP contribution in [-0.2, 0) is 0 Å². The van der Waals surface area contributed by atoms with Gasteiger partial charge >= 0.3 is 0 Å². The normalized spacial score (nSPS) is 24.2. The van der Waals surface area contributed by atoms with Crippen LogP contribution in [0, 0.1) is 15.4 Å². The van der Waals surface area contributed by atoms with Crippen molar-refractivity contribution in [3.05, 3.63) is 21.8 Å². The minimum Gasteiger partial charge on any atom is -0.399 e. The monoisotopic (exact) mass is 358 g/mol. The van der Waals surface area contributed by atoms with Gasteiger partial charge in [-0.1, -0.05) is 26.7 Å². The third-order valence-corrected chi connectivity index (χ3v) is 4.90. The molecule has 0 amide bonds. The number of nitrogens with two attached hydrogens (primary N) is 1. The molecular formula is C15H23IN2. The number of rotatable bonds is 3. The Morgan fingerprint density at radius 1 is 1.28 bits per heavy atom. The van der Waals surface area contributed by atoms with Gasteiger partial charge in [0.1, 0.15) is 0 Å². The molecule has 2 unspecified atom stereocenters. The van der Waals surface area contributed by atoms with Gasteiger partial charge in [0.05, 0.1) is 0 Å². The van der Waals surface area contributed by atoms with Crippen LogP contribution in [0.15, 0.2) is 18.2 Å². The number of hydrogen-bond acceptors (Lipinski definition) is 2. The average Bonchev–Trinajstić information content (AvgIpc) is 2.33. The van der Waals surface area contributed by atoms with Crippen LogP contribution in [0.4, 0.5) is 11.4 Å². The van der Waals surface area contributed by atoms with Gasteiger partial charge in [0.15, 0.2) is 0 Å². The van der Waals surface area contributed by atoms with Gasteiger partial charge in [-0.2, -0.15) is 0 Å². The highest BCUT2D eigenvalue weighted by molar-refractivity contribution is 14.1. The third-order valence-electron chi connectivity index (χ3n) is 4.01. The maximum Gasteiger partial charge on any atom is 0.0479 e. The zero-order valence-corrected chi connectivity index (χ0v) is 13.4. The molecule has 3 N–H and O–H groups in total. The molecule has 2 atom stereocenters. The van der Waals surface area contributed by atoms with Crippen molar-refractivity contribution in [1.82, 2.24) is 0 Å². The standard InChI is InChI=1S/C15H23IN2/c1-10(2)12-5-3-4-6-14(12)18-15-8-7-11(17)9-13(15)16/h7-10,12,14,18H,3-6,17H2,1-2H3. The summed E-state index contributed by atoms with van der Waals surface area (Å²) in [5, 5.41) is 3.74. The van der Waals surface area contributed by atoms with Gasteiger partial charge in [-0.15, -0.1) is 0 Å². The zero-order valence-electron chi connectivity index (χ0n) is 11.2. The largest absolute Gasteiger partial charge is 0.399 e. The van der Waals surface area contributed by atoms with Crippen molar-refractivity contribution in [3.8, 4) is 0 Å². The summed E-state index contributed by atoms with van der Waals surface area (Å²) in [7, 11) is 0. The lowest BCUT2D eigenvalue weighted by Crippen LogP contribution is -2.35. The van der Waals surface area contributed by atoms with Gasteiger partial charge in [-0.05, 0) is 65.5 Å². The number of nitrogens with one attached hydrogen (secondary N) is 1. The molecule has 18 heavy (non-hydrogen) atoms. The molecule has 0 aliphatic heterocycles.